The van der Waals surface area contributed by atoms with Gasteiger partial charge in [-0.2, -0.15) is 0 Å². The van der Waals surface area contributed by atoms with Crippen LogP contribution in [0.15, 0.2) is 18.2 Å². The van der Waals surface area contributed by atoms with E-state index < -0.39 is 6.10 Å². The first-order valence-corrected chi connectivity index (χ1v) is 8.61. The average molecular weight is 373 g/mol. The van der Waals surface area contributed by atoms with Gasteiger partial charge in [0.15, 0.2) is 0 Å². The van der Waals surface area contributed by atoms with Crippen molar-refractivity contribution in [1.29, 1.82) is 0 Å². The van der Waals surface area contributed by atoms with Gasteiger partial charge in [-0.3, -0.25) is 9.69 Å². The summed E-state index contributed by atoms with van der Waals surface area (Å²) in [4.78, 5) is 27.3. The van der Waals surface area contributed by atoms with Crippen molar-refractivity contribution in [3.63, 3.8) is 0 Å². The lowest BCUT2D eigenvalue weighted by molar-refractivity contribution is -0.129. The number of aliphatic hydroxyl groups is 1. The molecule has 3 rings (SSSR count). The summed E-state index contributed by atoms with van der Waals surface area (Å²) in [5, 5.41) is 11.0. The number of aliphatic hydroxyl groups excluding tert-OH is 1. The van der Waals surface area contributed by atoms with Gasteiger partial charge in [0.25, 0.3) is 5.91 Å². The van der Waals surface area contributed by atoms with Gasteiger partial charge in [-0.05, 0) is 31.4 Å². The summed E-state index contributed by atoms with van der Waals surface area (Å²) < 4.78 is 5.45. The zero-order valence-electron chi connectivity index (χ0n) is 13.0. The molecule has 0 radical (unpaired) electrons. The Morgan fingerprint density at radius 3 is 2.83 bits per heavy atom. The molecule has 2 heterocycles. The van der Waals surface area contributed by atoms with Gasteiger partial charge in [0, 0.05) is 17.6 Å². The number of imide groups is 1. The Hall–Kier alpha value is -1.50. The normalized spacial score (nSPS) is 21.9. The van der Waals surface area contributed by atoms with Crippen molar-refractivity contribution in [3.8, 4) is 5.75 Å². The third-order valence-electron chi connectivity index (χ3n) is 4.25. The maximum Gasteiger partial charge on any atom is 0.327 e. The SMILES string of the molecule is O=C1[C@@H]2CCCCN2C(=O)N1C[C@@H](O)COc1cc(Cl)ccc1Cl. The Balaban J connectivity index is 1.58. The van der Waals surface area contributed by atoms with Gasteiger partial charge in [-0.15, -0.1) is 0 Å². The minimum atomic E-state index is -1.01. The molecule has 1 N–H and O–H groups in total. The molecule has 2 fully saturated rings. The first kappa shape index (κ1) is 17.3. The molecule has 0 bridgehead atoms. The number of ether oxygens (including phenoxy) is 1. The molecule has 8 heteroatoms. The van der Waals surface area contributed by atoms with Gasteiger partial charge in [0.1, 0.15) is 24.5 Å². The fourth-order valence-corrected chi connectivity index (χ4v) is 3.39. The lowest BCUT2D eigenvalue weighted by atomic mass is 10.0. The van der Waals surface area contributed by atoms with Crippen LogP contribution in [0.5, 0.6) is 5.75 Å². The highest BCUT2D eigenvalue weighted by atomic mass is 35.5. The first-order valence-electron chi connectivity index (χ1n) is 7.85. The highest BCUT2D eigenvalue weighted by molar-refractivity contribution is 6.34. The van der Waals surface area contributed by atoms with Crippen LogP contribution in [0.3, 0.4) is 0 Å². The lowest BCUT2D eigenvalue weighted by Gasteiger charge is -2.26. The number of nitrogens with zero attached hydrogens (tertiary/aromatic N) is 2. The molecule has 0 spiro atoms. The van der Waals surface area contributed by atoms with Crippen LogP contribution >= 0.6 is 23.2 Å². The average Bonchev–Trinajstić information content (AvgIpc) is 2.81. The number of carbonyl (C=O) groups is 2. The van der Waals surface area contributed by atoms with Crippen molar-refractivity contribution in [2.75, 3.05) is 19.7 Å². The topological polar surface area (TPSA) is 70.1 Å². The van der Waals surface area contributed by atoms with E-state index >= 15 is 0 Å². The second-order valence-electron chi connectivity index (χ2n) is 5.98. The Morgan fingerprint density at radius 2 is 2.08 bits per heavy atom. The van der Waals surface area contributed by atoms with Crippen LogP contribution in [0.2, 0.25) is 10.0 Å². The van der Waals surface area contributed by atoms with Crippen molar-refractivity contribution in [1.82, 2.24) is 9.80 Å². The second-order valence-corrected chi connectivity index (χ2v) is 6.82. The fraction of sp³-hybridized carbons (Fsp3) is 0.500. The molecule has 0 aliphatic carbocycles. The van der Waals surface area contributed by atoms with Gasteiger partial charge in [-0.1, -0.05) is 23.2 Å². The number of β-amino-alcohol motifs (C(OH)–C–C–N with tert-alkyl or cyclic N) is 1. The molecule has 24 heavy (non-hydrogen) atoms. The van der Waals surface area contributed by atoms with Crippen LogP contribution in [-0.2, 0) is 4.79 Å². The number of benzene rings is 1. The number of urea groups is 1. The fourth-order valence-electron chi connectivity index (χ4n) is 3.05. The summed E-state index contributed by atoms with van der Waals surface area (Å²) in [5.41, 5.74) is 0. The quantitative estimate of drug-likeness (QED) is 0.806. The van der Waals surface area contributed by atoms with Crippen molar-refractivity contribution in [3.05, 3.63) is 28.2 Å². The molecule has 0 aromatic heterocycles. The van der Waals surface area contributed by atoms with E-state index in [2.05, 4.69) is 0 Å². The van der Waals surface area contributed by atoms with E-state index in [1.54, 1.807) is 23.1 Å². The van der Waals surface area contributed by atoms with Crippen LogP contribution in [0, 0.1) is 0 Å². The van der Waals surface area contributed by atoms with E-state index in [4.69, 9.17) is 27.9 Å². The molecular weight excluding hydrogens is 355 g/mol. The van der Waals surface area contributed by atoms with Crippen LogP contribution in [0.1, 0.15) is 19.3 Å². The zero-order chi connectivity index (χ0) is 17.3. The number of amides is 3. The summed E-state index contributed by atoms with van der Waals surface area (Å²) in [6.07, 6.45) is 1.52. The number of hydrogen-bond acceptors (Lipinski definition) is 4. The van der Waals surface area contributed by atoms with E-state index in [1.165, 1.54) is 0 Å². The molecule has 130 valence electrons. The molecule has 2 aliphatic heterocycles. The summed E-state index contributed by atoms with van der Waals surface area (Å²) in [5.74, 6) is 0.110. The number of halogens is 2. The molecule has 2 aliphatic rings. The van der Waals surface area contributed by atoms with Crippen LogP contribution < -0.4 is 4.74 Å². The number of carbonyl (C=O) groups excluding carboxylic acids is 2. The Morgan fingerprint density at radius 1 is 1.29 bits per heavy atom. The lowest BCUT2D eigenvalue weighted by Crippen LogP contribution is -2.40. The molecule has 0 unspecified atom stereocenters. The van der Waals surface area contributed by atoms with Crippen LogP contribution in [-0.4, -0.2) is 58.7 Å². The minimum absolute atomic E-state index is 0.0944. The Kier molecular flexibility index (Phi) is 5.18. The minimum Gasteiger partial charge on any atom is -0.489 e. The zero-order valence-corrected chi connectivity index (χ0v) is 14.5. The van der Waals surface area contributed by atoms with Gasteiger partial charge < -0.3 is 14.7 Å². The monoisotopic (exact) mass is 372 g/mol. The van der Waals surface area contributed by atoms with Gasteiger partial charge in [-0.25, -0.2) is 4.79 Å². The summed E-state index contributed by atoms with van der Waals surface area (Å²) >= 11 is 11.9. The molecule has 1 aromatic rings. The van der Waals surface area contributed by atoms with E-state index in [0.29, 0.717) is 28.8 Å². The summed E-state index contributed by atoms with van der Waals surface area (Å²) in [7, 11) is 0. The van der Waals surface area contributed by atoms with Crippen LogP contribution in [0.4, 0.5) is 4.79 Å². The van der Waals surface area contributed by atoms with Crippen molar-refractivity contribution >= 4 is 35.1 Å². The van der Waals surface area contributed by atoms with Crippen LogP contribution in [0.25, 0.3) is 0 Å². The largest absolute Gasteiger partial charge is 0.489 e. The second kappa shape index (κ2) is 7.17. The smallest absolute Gasteiger partial charge is 0.327 e. The summed E-state index contributed by atoms with van der Waals surface area (Å²) in [6.45, 7) is 0.404. The van der Waals surface area contributed by atoms with E-state index in [0.717, 1.165) is 17.7 Å². The maximum absolute atomic E-state index is 12.3. The molecular formula is C16H18Cl2N2O4. The van der Waals surface area contributed by atoms with Crippen molar-refractivity contribution in [2.45, 2.75) is 31.4 Å². The van der Waals surface area contributed by atoms with Crippen molar-refractivity contribution in [2.24, 2.45) is 0 Å². The van der Waals surface area contributed by atoms with Gasteiger partial charge in [0.05, 0.1) is 11.6 Å². The number of rotatable bonds is 5. The molecule has 2 atom stereocenters. The highest BCUT2D eigenvalue weighted by Crippen LogP contribution is 2.29. The third kappa shape index (κ3) is 3.45. The molecule has 1 aromatic carbocycles. The van der Waals surface area contributed by atoms with Gasteiger partial charge >= 0.3 is 6.03 Å². The predicted octanol–water partition coefficient (Wildman–Crippen LogP) is 2.55. The Bertz CT molecular complexity index is 631. The molecule has 0 saturated carbocycles. The van der Waals surface area contributed by atoms with Gasteiger partial charge in [0.2, 0.25) is 0 Å². The number of piperidine rings is 1. The standard InChI is InChI=1S/C16H18Cl2N2O4/c17-10-4-5-12(18)14(7-10)24-9-11(21)8-20-15(22)13-3-1-2-6-19(13)16(20)23/h4-5,7,11,13,21H,1-3,6,8-9H2/t11-,13+/m1/s1. The van der Waals surface area contributed by atoms with E-state index in [-0.39, 0.29) is 31.1 Å². The number of fused-ring (bicyclic) bond motifs is 1. The third-order valence-corrected chi connectivity index (χ3v) is 4.80. The maximum atomic E-state index is 12.3. The van der Waals surface area contributed by atoms with Crippen molar-refractivity contribution < 1.29 is 19.4 Å². The molecule has 3 amide bonds. The predicted molar refractivity (Wildman–Crippen MR) is 89.4 cm³/mol. The Labute approximate surface area is 149 Å². The molecule has 6 nitrogen and oxygen atoms in total. The van der Waals surface area contributed by atoms with E-state index in [9.17, 15) is 14.7 Å². The van der Waals surface area contributed by atoms with E-state index in [1.807, 2.05) is 0 Å². The molecule has 2 saturated heterocycles. The number of hydrogen-bond donors (Lipinski definition) is 1. The summed E-state index contributed by atoms with van der Waals surface area (Å²) in [6, 6.07) is 4.07. The highest BCUT2D eigenvalue weighted by Gasteiger charge is 2.46. The first-order chi connectivity index (χ1) is 11.5.